The van der Waals surface area contributed by atoms with Crippen molar-refractivity contribution in [2.75, 3.05) is 13.2 Å². The average molecular weight is 246 g/mol. The topological polar surface area (TPSA) is 82.4 Å². The van der Waals surface area contributed by atoms with Gasteiger partial charge in [-0.05, 0) is 36.1 Å². The van der Waals surface area contributed by atoms with E-state index in [0.717, 1.165) is 24.0 Å². The Labute approximate surface area is 105 Å². The van der Waals surface area contributed by atoms with E-state index in [4.69, 9.17) is 10.00 Å². The maximum atomic E-state index is 11.2. The molecule has 1 aromatic carbocycles. The number of ether oxygens (including phenoxy) is 1. The van der Waals surface area contributed by atoms with Crippen LogP contribution in [0.15, 0.2) is 18.2 Å². The number of benzene rings is 1. The summed E-state index contributed by atoms with van der Waals surface area (Å²) in [5.41, 5.74) is 2.01. The molecular weight excluding hydrogens is 232 g/mol. The van der Waals surface area contributed by atoms with Crippen LogP contribution in [0.25, 0.3) is 0 Å². The molecule has 0 spiro atoms. The van der Waals surface area contributed by atoms with E-state index in [1.54, 1.807) is 6.07 Å². The van der Waals surface area contributed by atoms with Crippen LogP contribution in [-0.2, 0) is 11.2 Å². The van der Waals surface area contributed by atoms with Crippen molar-refractivity contribution in [3.63, 3.8) is 0 Å². The van der Waals surface area contributed by atoms with E-state index in [-0.39, 0.29) is 25.2 Å². The number of aliphatic hydroxyl groups is 1. The molecule has 0 aliphatic heterocycles. The molecule has 2 rings (SSSR count). The molecule has 2 N–H and O–H groups in total. The van der Waals surface area contributed by atoms with Crippen LogP contribution in [0.5, 0.6) is 5.75 Å². The van der Waals surface area contributed by atoms with Crippen LogP contribution in [0.4, 0.5) is 0 Å². The van der Waals surface area contributed by atoms with Crippen molar-refractivity contribution in [1.82, 2.24) is 5.32 Å². The lowest BCUT2D eigenvalue weighted by atomic mass is 10.1. The zero-order chi connectivity index (χ0) is 13.0. The third-order valence-corrected chi connectivity index (χ3v) is 2.90. The number of hydrogen-bond donors (Lipinski definition) is 2. The van der Waals surface area contributed by atoms with Crippen LogP contribution < -0.4 is 10.1 Å². The summed E-state index contributed by atoms with van der Waals surface area (Å²) in [6.45, 7) is -0.123. The van der Waals surface area contributed by atoms with Gasteiger partial charge in [0, 0.05) is 0 Å². The zero-order valence-electron chi connectivity index (χ0n) is 9.85. The normalized spacial score (nSPS) is 16.8. The smallest absolute Gasteiger partial charge is 0.258 e. The average Bonchev–Trinajstić information content (AvgIpc) is 2.75. The Hall–Kier alpha value is -2.06. The number of carbonyl (C=O) groups excluding carboxylic acids is 1. The molecule has 0 unspecified atom stereocenters. The van der Waals surface area contributed by atoms with Gasteiger partial charge in [-0.3, -0.25) is 4.79 Å². The van der Waals surface area contributed by atoms with Crippen LogP contribution in [0.3, 0.4) is 0 Å². The van der Waals surface area contributed by atoms with Crippen molar-refractivity contribution in [1.29, 1.82) is 5.26 Å². The Bertz CT molecular complexity index is 493. The largest absolute Gasteiger partial charge is 0.484 e. The second kappa shape index (κ2) is 5.52. The molecule has 0 heterocycles. The van der Waals surface area contributed by atoms with Gasteiger partial charge in [-0.1, -0.05) is 6.07 Å². The van der Waals surface area contributed by atoms with Crippen molar-refractivity contribution in [2.24, 2.45) is 0 Å². The maximum Gasteiger partial charge on any atom is 0.258 e. The summed E-state index contributed by atoms with van der Waals surface area (Å²) in [5.74, 6) is 0.284. The van der Waals surface area contributed by atoms with E-state index in [9.17, 15) is 9.90 Å². The van der Waals surface area contributed by atoms with Gasteiger partial charge in [0.05, 0.1) is 12.2 Å². The predicted molar refractivity (Wildman–Crippen MR) is 63.8 cm³/mol. The molecule has 5 nitrogen and oxygen atoms in total. The van der Waals surface area contributed by atoms with E-state index >= 15 is 0 Å². The van der Waals surface area contributed by atoms with Crippen molar-refractivity contribution in [3.05, 3.63) is 29.3 Å². The Kier molecular flexibility index (Phi) is 3.80. The Morgan fingerprint density at radius 1 is 1.61 bits per heavy atom. The maximum absolute atomic E-state index is 11.2. The number of aliphatic hydroxyl groups excluding tert-OH is 1. The highest BCUT2D eigenvalue weighted by atomic mass is 16.5. The number of carbonyl (C=O) groups is 1. The summed E-state index contributed by atoms with van der Waals surface area (Å²) in [6.07, 6.45) is 1.18. The second-order valence-corrected chi connectivity index (χ2v) is 4.14. The zero-order valence-corrected chi connectivity index (χ0v) is 9.85. The third kappa shape index (κ3) is 2.79. The number of hydrogen-bond acceptors (Lipinski definition) is 4. The molecule has 1 aliphatic rings. The number of rotatable bonds is 4. The number of aryl methyl sites for hydroxylation is 1. The van der Waals surface area contributed by atoms with Gasteiger partial charge in [0.1, 0.15) is 12.3 Å². The highest BCUT2D eigenvalue weighted by molar-refractivity contribution is 5.77. The predicted octanol–water partition coefficient (Wildman–Crippen LogP) is 0.685. The van der Waals surface area contributed by atoms with Crippen molar-refractivity contribution in [3.8, 4) is 11.8 Å². The van der Waals surface area contributed by atoms with Crippen molar-refractivity contribution < 1.29 is 14.6 Å². The van der Waals surface area contributed by atoms with Gasteiger partial charge in [-0.15, -0.1) is 0 Å². The monoisotopic (exact) mass is 246 g/mol. The molecule has 0 radical (unpaired) electrons. The number of nitrogens with zero attached hydrogens (tertiary/aromatic N) is 1. The second-order valence-electron chi connectivity index (χ2n) is 4.14. The first kappa shape index (κ1) is 12.4. The molecule has 18 heavy (non-hydrogen) atoms. The third-order valence-electron chi connectivity index (χ3n) is 2.90. The van der Waals surface area contributed by atoms with Crippen LogP contribution in [-0.4, -0.2) is 24.2 Å². The van der Waals surface area contributed by atoms with Crippen molar-refractivity contribution in [2.45, 2.75) is 18.9 Å². The van der Waals surface area contributed by atoms with E-state index in [2.05, 4.69) is 5.32 Å². The lowest BCUT2D eigenvalue weighted by molar-refractivity contribution is -0.122. The van der Waals surface area contributed by atoms with Gasteiger partial charge < -0.3 is 15.2 Å². The van der Waals surface area contributed by atoms with Gasteiger partial charge in [-0.2, -0.15) is 5.26 Å². The Morgan fingerprint density at radius 2 is 2.44 bits per heavy atom. The van der Waals surface area contributed by atoms with Gasteiger partial charge in [-0.25, -0.2) is 0 Å². The molecule has 1 aromatic rings. The molecule has 1 amide bonds. The van der Waals surface area contributed by atoms with Crippen LogP contribution in [0, 0.1) is 11.3 Å². The number of nitriles is 1. The SMILES string of the molecule is N#CCNC(=O)COc1ccc2c(c1)CC[C@@H]2O. The molecule has 94 valence electrons. The molecule has 0 saturated carbocycles. The minimum Gasteiger partial charge on any atom is -0.484 e. The van der Waals surface area contributed by atoms with Crippen LogP contribution in [0.1, 0.15) is 23.7 Å². The molecule has 0 bridgehead atoms. The number of nitrogens with one attached hydrogen (secondary N) is 1. The van der Waals surface area contributed by atoms with Crippen molar-refractivity contribution >= 4 is 5.91 Å². The highest BCUT2D eigenvalue weighted by Gasteiger charge is 2.20. The summed E-state index contributed by atoms with van der Waals surface area (Å²) in [6, 6.07) is 7.24. The molecule has 1 atom stereocenters. The summed E-state index contributed by atoms with van der Waals surface area (Å²) >= 11 is 0. The summed E-state index contributed by atoms with van der Waals surface area (Å²) < 4.78 is 5.32. The van der Waals surface area contributed by atoms with E-state index in [0.29, 0.717) is 5.75 Å². The Balaban J connectivity index is 1.91. The van der Waals surface area contributed by atoms with Gasteiger partial charge >= 0.3 is 0 Å². The molecular formula is C13H14N2O3. The fourth-order valence-corrected chi connectivity index (χ4v) is 2.00. The minimum atomic E-state index is -0.382. The molecule has 1 aliphatic carbocycles. The van der Waals surface area contributed by atoms with Gasteiger partial charge in [0.25, 0.3) is 5.91 Å². The van der Waals surface area contributed by atoms with E-state index in [1.807, 2.05) is 18.2 Å². The number of fused-ring (bicyclic) bond motifs is 1. The number of amides is 1. The highest BCUT2D eigenvalue weighted by Crippen LogP contribution is 2.33. The first-order chi connectivity index (χ1) is 8.70. The van der Waals surface area contributed by atoms with Crippen LogP contribution in [0.2, 0.25) is 0 Å². The van der Waals surface area contributed by atoms with E-state index in [1.165, 1.54) is 0 Å². The first-order valence-electron chi connectivity index (χ1n) is 5.78. The molecule has 0 fully saturated rings. The summed E-state index contributed by atoms with van der Waals surface area (Å²) in [4.78, 5) is 11.2. The quantitative estimate of drug-likeness (QED) is 0.765. The molecule has 0 aromatic heterocycles. The van der Waals surface area contributed by atoms with E-state index < -0.39 is 0 Å². The lowest BCUT2D eigenvalue weighted by Crippen LogP contribution is -2.29. The molecule has 0 saturated heterocycles. The lowest BCUT2D eigenvalue weighted by Gasteiger charge is -2.08. The summed E-state index contributed by atoms with van der Waals surface area (Å²) in [5, 5.41) is 20.4. The fraction of sp³-hybridized carbons (Fsp3) is 0.385. The van der Waals surface area contributed by atoms with Crippen LogP contribution >= 0.6 is 0 Å². The van der Waals surface area contributed by atoms with Gasteiger partial charge in [0.2, 0.25) is 0 Å². The fourth-order valence-electron chi connectivity index (χ4n) is 2.00. The summed E-state index contributed by atoms with van der Waals surface area (Å²) in [7, 11) is 0. The minimum absolute atomic E-state index is 0.0153. The molecule has 5 heteroatoms. The Morgan fingerprint density at radius 3 is 3.22 bits per heavy atom. The van der Waals surface area contributed by atoms with Gasteiger partial charge in [0.15, 0.2) is 6.61 Å². The standard InChI is InChI=1S/C13H14N2O3/c14-5-6-15-13(17)8-18-10-2-3-11-9(7-10)1-4-12(11)16/h2-3,7,12,16H,1,4,6,8H2,(H,15,17)/t12-/m0/s1. The first-order valence-corrected chi connectivity index (χ1v) is 5.78.